The second-order valence-electron chi connectivity index (χ2n) is 6.75. The van der Waals surface area contributed by atoms with E-state index in [2.05, 4.69) is 21.2 Å². The molecule has 1 aliphatic rings. The number of hydrogen-bond donors (Lipinski definition) is 2. The fourth-order valence-electron chi connectivity index (χ4n) is 3.65. The topological polar surface area (TPSA) is 71.3 Å². The minimum Gasteiger partial charge on any atom is -0.478 e. The molecule has 2 aromatic rings. The van der Waals surface area contributed by atoms with E-state index >= 15 is 0 Å². The third-order valence-corrected chi connectivity index (χ3v) is 5.52. The number of rotatable bonds is 4. The van der Waals surface area contributed by atoms with Crippen LogP contribution in [0.25, 0.3) is 0 Å². The zero-order chi connectivity index (χ0) is 19.7. The van der Waals surface area contributed by atoms with Gasteiger partial charge in [0.2, 0.25) is 0 Å². The van der Waals surface area contributed by atoms with Gasteiger partial charge >= 0.3 is 5.97 Å². The lowest BCUT2D eigenvalue weighted by atomic mass is 9.90. The predicted octanol–water partition coefficient (Wildman–Crippen LogP) is 4.49. The molecule has 5 nitrogen and oxygen atoms in total. The first kappa shape index (κ1) is 19.5. The lowest BCUT2D eigenvalue weighted by Gasteiger charge is -2.32. The van der Waals surface area contributed by atoms with Crippen molar-refractivity contribution >= 4 is 27.6 Å². The molecule has 0 atom stereocenters. The van der Waals surface area contributed by atoms with Crippen molar-refractivity contribution < 1.29 is 18.7 Å². The maximum Gasteiger partial charge on any atom is 0.337 e. The van der Waals surface area contributed by atoms with Crippen molar-refractivity contribution in [3.05, 3.63) is 62.0 Å². The summed E-state index contributed by atoms with van der Waals surface area (Å²) in [5.74, 6) is -2.67. The van der Waals surface area contributed by atoms with E-state index in [0.29, 0.717) is 35.8 Å². The average Bonchev–Trinajstić information content (AvgIpc) is 2.62. The molecule has 0 bridgehead atoms. The number of anilines is 1. The van der Waals surface area contributed by atoms with E-state index in [9.17, 15) is 23.5 Å². The Hall–Kier alpha value is -2.22. The van der Waals surface area contributed by atoms with Gasteiger partial charge in [-0.05, 0) is 56.9 Å². The first-order valence-electron chi connectivity index (χ1n) is 8.64. The molecule has 1 heterocycles. The normalized spacial score (nSPS) is 19.7. The van der Waals surface area contributed by atoms with Gasteiger partial charge in [0.1, 0.15) is 5.82 Å². The van der Waals surface area contributed by atoms with Crippen LogP contribution in [0.15, 0.2) is 33.5 Å². The molecule has 3 rings (SSSR count). The number of aromatic carboxylic acids is 1. The number of benzene rings is 1. The van der Waals surface area contributed by atoms with E-state index in [4.69, 9.17) is 0 Å². The minimum atomic E-state index is -1.26. The van der Waals surface area contributed by atoms with Crippen molar-refractivity contribution in [2.75, 3.05) is 5.32 Å². The molecule has 0 radical (unpaired) electrons. The fraction of sp³-hybridized carbons (Fsp3) is 0.368. The summed E-state index contributed by atoms with van der Waals surface area (Å²) < 4.78 is 29.8. The van der Waals surface area contributed by atoms with Gasteiger partial charge < -0.3 is 15.0 Å². The van der Waals surface area contributed by atoms with Crippen LogP contribution in [0.1, 0.15) is 47.8 Å². The van der Waals surface area contributed by atoms with E-state index < -0.39 is 17.3 Å². The van der Waals surface area contributed by atoms with Crippen LogP contribution in [0.4, 0.5) is 14.5 Å². The molecule has 0 unspecified atom stereocenters. The lowest BCUT2D eigenvalue weighted by molar-refractivity contribution is 0.0693. The summed E-state index contributed by atoms with van der Waals surface area (Å²) in [6, 6.07) is 5.32. The molecule has 1 aliphatic carbocycles. The standard InChI is InChI=1S/C19H19BrF2N2O3/c1-10-14(19(26)27)9-16(22)18(25)24(10)13-5-3-12(4-6-13)23-17-7-2-11(20)8-15(17)21/h2,7-9,12-13,23H,3-6H2,1H3,(H,26,27). The SMILES string of the molecule is Cc1c(C(=O)O)cc(F)c(=O)n1C1CCC(Nc2ccc(Br)cc2F)CC1. The van der Waals surface area contributed by atoms with Gasteiger partial charge in [0.15, 0.2) is 5.82 Å². The number of nitrogens with one attached hydrogen (secondary N) is 1. The highest BCUT2D eigenvalue weighted by Crippen LogP contribution is 2.31. The van der Waals surface area contributed by atoms with Crippen molar-refractivity contribution in [1.29, 1.82) is 0 Å². The van der Waals surface area contributed by atoms with Gasteiger partial charge in [0, 0.05) is 22.3 Å². The van der Waals surface area contributed by atoms with Gasteiger partial charge in [0.25, 0.3) is 5.56 Å². The van der Waals surface area contributed by atoms with Crippen LogP contribution in [0, 0.1) is 18.6 Å². The Labute approximate surface area is 163 Å². The van der Waals surface area contributed by atoms with Gasteiger partial charge in [-0.1, -0.05) is 15.9 Å². The Morgan fingerprint density at radius 2 is 1.85 bits per heavy atom. The fourth-order valence-corrected chi connectivity index (χ4v) is 3.98. The highest BCUT2D eigenvalue weighted by molar-refractivity contribution is 9.10. The Morgan fingerprint density at radius 3 is 2.44 bits per heavy atom. The van der Waals surface area contributed by atoms with E-state index in [1.54, 1.807) is 12.1 Å². The van der Waals surface area contributed by atoms with Gasteiger partial charge in [-0.25, -0.2) is 13.6 Å². The number of nitrogens with zero attached hydrogens (tertiary/aromatic N) is 1. The third kappa shape index (κ3) is 4.05. The van der Waals surface area contributed by atoms with Crippen LogP contribution < -0.4 is 10.9 Å². The average molecular weight is 441 g/mol. The second kappa shape index (κ2) is 7.80. The summed E-state index contributed by atoms with van der Waals surface area (Å²) in [6.07, 6.45) is 2.45. The molecular weight excluding hydrogens is 422 g/mol. The minimum absolute atomic E-state index is 0.0282. The number of carboxylic acid groups (broad SMARTS) is 1. The predicted molar refractivity (Wildman–Crippen MR) is 101 cm³/mol. The first-order valence-corrected chi connectivity index (χ1v) is 9.43. The highest BCUT2D eigenvalue weighted by Gasteiger charge is 2.27. The quantitative estimate of drug-likeness (QED) is 0.734. The summed E-state index contributed by atoms with van der Waals surface area (Å²) in [5.41, 5.74) is -0.338. The van der Waals surface area contributed by atoms with Crippen molar-refractivity contribution in [2.45, 2.75) is 44.7 Å². The smallest absolute Gasteiger partial charge is 0.337 e. The Kier molecular flexibility index (Phi) is 5.64. The van der Waals surface area contributed by atoms with Crippen LogP contribution in [0.5, 0.6) is 0 Å². The number of carboxylic acids is 1. The molecule has 0 saturated heterocycles. The molecule has 2 N–H and O–H groups in total. The van der Waals surface area contributed by atoms with Crippen LogP contribution in [0.3, 0.4) is 0 Å². The monoisotopic (exact) mass is 440 g/mol. The largest absolute Gasteiger partial charge is 0.478 e. The van der Waals surface area contributed by atoms with Crippen molar-refractivity contribution in [3.8, 4) is 0 Å². The van der Waals surface area contributed by atoms with Crippen LogP contribution in [0.2, 0.25) is 0 Å². The number of aromatic nitrogens is 1. The maximum absolute atomic E-state index is 14.0. The summed E-state index contributed by atoms with van der Waals surface area (Å²) in [5, 5.41) is 12.4. The summed E-state index contributed by atoms with van der Waals surface area (Å²) >= 11 is 3.22. The molecule has 0 spiro atoms. The zero-order valence-corrected chi connectivity index (χ0v) is 16.2. The molecular formula is C19H19BrF2N2O3. The summed E-state index contributed by atoms with van der Waals surface area (Å²) in [7, 11) is 0. The van der Waals surface area contributed by atoms with E-state index in [1.165, 1.54) is 17.6 Å². The highest BCUT2D eigenvalue weighted by atomic mass is 79.9. The Bertz CT molecular complexity index is 937. The molecule has 1 saturated carbocycles. The van der Waals surface area contributed by atoms with Crippen molar-refractivity contribution in [1.82, 2.24) is 4.57 Å². The Balaban J connectivity index is 1.76. The molecule has 1 fully saturated rings. The van der Waals surface area contributed by atoms with Crippen LogP contribution in [-0.2, 0) is 0 Å². The molecule has 27 heavy (non-hydrogen) atoms. The third-order valence-electron chi connectivity index (χ3n) is 5.03. The first-order chi connectivity index (χ1) is 12.8. The van der Waals surface area contributed by atoms with Gasteiger partial charge in [-0.3, -0.25) is 4.79 Å². The number of halogens is 3. The van der Waals surface area contributed by atoms with E-state index in [1.807, 2.05) is 0 Å². The Morgan fingerprint density at radius 1 is 1.19 bits per heavy atom. The summed E-state index contributed by atoms with van der Waals surface area (Å²) in [6.45, 7) is 1.52. The van der Waals surface area contributed by atoms with Gasteiger partial charge in [-0.2, -0.15) is 0 Å². The lowest BCUT2D eigenvalue weighted by Crippen LogP contribution is -2.35. The zero-order valence-electron chi connectivity index (χ0n) is 14.6. The molecule has 8 heteroatoms. The van der Waals surface area contributed by atoms with E-state index in [-0.39, 0.29) is 29.2 Å². The van der Waals surface area contributed by atoms with Crippen LogP contribution >= 0.6 is 15.9 Å². The molecule has 0 aliphatic heterocycles. The van der Waals surface area contributed by atoms with Gasteiger partial charge in [0.05, 0.1) is 11.3 Å². The number of carbonyl (C=O) groups is 1. The number of pyridine rings is 1. The van der Waals surface area contributed by atoms with Crippen LogP contribution in [-0.4, -0.2) is 21.7 Å². The maximum atomic E-state index is 14.0. The molecule has 1 aromatic carbocycles. The number of hydrogen-bond acceptors (Lipinski definition) is 3. The molecule has 0 amide bonds. The van der Waals surface area contributed by atoms with Crippen molar-refractivity contribution in [2.24, 2.45) is 0 Å². The molecule has 1 aromatic heterocycles. The summed E-state index contributed by atoms with van der Waals surface area (Å²) in [4.78, 5) is 23.5. The second-order valence-corrected chi connectivity index (χ2v) is 7.66. The van der Waals surface area contributed by atoms with Crippen molar-refractivity contribution in [3.63, 3.8) is 0 Å². The van der Waals surface area contributed by atoms with E-state index in [0.717, 1.165) is 6.07 Å². The molecule has 144 valence electrons. The van der Waals surface area contributed by atoms with Gasteiger partial charge in [-0.15, -0.1) is 0 Å².